The lowest BCUT2D eigenvalue weighted by Gasteiger charge is -2.16. The monoisotopic (exact) mass is 190 g/mol. The van der Waals surface area contributed by atoms with E-state index >= 15 is 0 Å². The molecule has 0 spiro atoms. The van der Waals surface area contributed by atoms with E-state index in [2.05, 4.69) is 12.3 Å². The van der Waals surface area contributed by atoms with Crippen LogP contribution in [0.4, 0.5) is 0 Å². The molecule has 80 valence electrons. The van der Waals surface area contributed by atoms with Gasteiger partial charge in [0.05, 0.1) is 12.7 Å². The second kappa shape index (κ2) is 8.44. The molecule has 0 bridgehead atoms. The first-order valence-electron chi connectivity index (χ1n) is 4.83. The highest BCUT2D eigenvalue weighted by atomic mass is 16.5. The summed E-state index contributed by atoms with van der Waals surface area (Å²) in [5.41, 5.74) is 2.99. The average Bonchev–Trinajstić information content (AvgIpc) is 2.09. The van der Waals surface area contributed by atoms with Crippen LogP contribution in [-0.2, 0) is 4.74 Å². The molecular weight excluding hydrogens is 168 g/mol. The molecule has 1 unspecified atom stereocenters. The highest BCUT2D eigenvalue weighted by Crippen LogP contribution is 1.90. The van der Waals surface area contributed by atoms with Crippen LogP contribution in [0.25, 0.3) is 0 Å². The summed E-state index contributed by atoms with van der Waals surface area (Å²) in [5.74, 6) is 0. The van der Waals surface area contributed by atoms with Crippen LogP contribution in [0.2, 0.25) is 0 Å². The van der Waals surface area contributed by atoms with Crippen molar-refractivity contribution in [2.45, 2.75) is 25.9 Å². The van der Waals surface area contributed by atoms with Gasteiger partial charge in [-0.2, -0.15) is 0 Å². The largest absolute Gasteiger partial charge is 0.389 e. The van der Waals surface area contributed by atoms with Gasteiger partial charge in [0.2, 0.25) is 0 Å². The van der Waals surface area contributed by atoms with E-state index in [1.807, 2.05) is 19.1 Å². The van der Waals surface area contributed by atoms with E-state index in [4.69, 9.17) is 4.74 Å². The molecule has 0 aromatic rings. The molecule has 0 saturated heterocycles. The Morgan fingerprint density at radius 3 is 2.69 bits per heavy atom. The van der Waals surface area contributed by atoms with Gasteiger partial charge in [0.25, 0.3) is 0 Å². The molecule has 0 aliphatic heterocycles. The van der Waals surface area contributed by atoms with E-state index in [0.717, 1.165) is 19.4 Å². The summed E-state index contributed by atoms with van der Waals surface area (Å²) in [6.07, 6.45) is 1.78. The molecule has 0 saturated carbocycles. The van der Waals surface area contributed by atoms with E-state index in [0.29, 0.717) is 13.2 Å². The van der Waals surface area contributed by atoms with Crippen molar-refractivity contribution in [3.05, 3.63) is 0 Å². The minimum absolute atomic E-state index is 0.417. The Balaban J connectivity index is 3.15. The number of hydrogen-bond donors (Lipinski definition) is 2. The Kier molecular flexibility index (Phi) is 8.33. The molecule has 0 aliphatic rings. The van der Waals surface area contributed by atoms with Crippen molar-refractivity contribution in [3.63, 3.8) is 0 Å². The summed E-state index contributed by atoms with van der Waals surface area (Å²) in [4.78, 5) is 0. The van der Waals surface area contributed by atoms with Crippen LogP contribution >= 0.6 is 0 Å². The van der Waals surface area contributed by atoms with Crippen LogP contribution in [0.15, 0.2) is 0 Å². The summed E-state index contributed by atoms with van der Waals surface area (Å²) < 4.78 is 5.26. The van der Waals surface area contributed by atoms with Crippen molar-refractivity contribution in [2.24, 2.45) is 0 Å². The summed E-state index contributed by atoms with van der Waals surface area (Å²) in [5, 5.41) is 11.2. The minimum atomic E-state index is -0.417. The van der Waals surface area contributed by atoms with Crippen LogP contribution in [0.3, 0.4) is 0 Å². The molecule has 0 aromatic heterocycles. The third kappa shape index (κ3) is 9.76. The summed E-state index contributed by atoms with van der Waals surface area (Å²) in [6, 6.07) is 0. The molecule has 4 nitrogen and oxygen atoms in total. The number of hydrogen-bond acceptors (Lipinski definition) is 4. The number of aliphatic hydroxyl groups is 1. The summed E-state index contributed by atoms with van der Waals surface area (Å²) in [6.45, 7) is 3.82. The van der Waals surface area contributed by atoms with Crippen molar-refractivity contribution >= 4 is 0 Å². The fourth-order valence-corrected chi connectivity index (χ4v) is 0.813. The number of ether oxygens (including phenoxy) is 1. The number of rotatable bonds is 8. The lowest BCUT2D eigenvalue weighted by Crippen LogP contribution is -2.38. The highest BCUT2D eigenvalue weighted by molar-refractivity contribution is 4.55. The van der Waals surface area contributed by atoms with Gasteiger partial charge < -0.3 is 9.84 Å². The van der Waals surface area contributed by atoms with Gasteiger partial charge in [-0.3, -0.25) is 10.4 Å². The quantitative estimate of drug-likeness (QED) is 0.425. The van der Waals surface area contributed by atoms with Gasteiger partial charge in [0.1, 0.15) is 0 Å². The van der Waals surface area contributed by atoms with Gasteiger partial charge in [0.15, 0.2) is 0 Å². The predicted octanol–water partition coefficient (Wildman–Crippen LogP) is 0.230. The first-order chi connectivity index (χ1) is 6.16. The molecule has 0 rings (SSSR count). The lowest BCUT2D eigenvalue weighted by atomic mass is 10.3. The number of nitrogens with zero attached hydrogens (tertiary/aromatic N) is 1. The molecule has 4 heteroatoms. The zero-order chi connectivity index (χ0) is 10.1. The maximum absolute atomic E-state index is 9.38. The Morgan fingerprint density at radius 1 is 1.46 bits per heavy atom. The van der Waals surface area contributed by atoms with E-state index in [1.54, 1.807) is 0 Å². The SMILES string of the molecule is CCCCOCC(O)CNN(C)C. The molecular formula is C9H22N2O2. The van der Waals surface area contributed by atoms with Crippen molar-refractivity contribution < 1.29 is 9.84 Å². The summed E-state index contributed by atoms with van der Waals surface area (Å²) in [7, 11) is 3.79. The number of nitrogens with one attached hydrogen (secondary N) is 1. The van der Waals surface area contributed by atoms with Gasteiger partial charge >= 0.3 is 0 Å². The minimum Gasteiger partial charge on any atom is -0.389 e. The van der Waals surface area contributed by atoms with Gasteiger partial charge in [0, 0.05) is 27.2 Å². The fourth-order valence-electron chi connectivity index (χ4n) is 0.813. The molecule has 1 atom stereocenters. The zero-order valence-electron chi connectivity index (χ0n) is 8.92. The molecule has 0 heterocycles. The topological polar surface area (TPSA) is 44.7 Å². The Hall–Kier alpha value is -0.160. The molecule has 0 fully saturated rings. The Bertz CT molecular complexity index is 110. The third-order valence-electron chi connectivity index (χ3n) is 1.60. The van der Waals surface area contributed by atoms with E-state index < -0.39 is 6.10 Å². The first-order valence-corrected chi connectivity index (χ1v) is 4.83. The van der Waals surface area contributed by atoms with Gasteiger partial charge in [-0.25, -0.2) is 0 Å². The van der Waals surface area contributed by atoms with Gasteiger partial charge in [-0.15, -0.1) is 0 Å². The molecule has 0 amide bonds. The van der Waals surface area contributed by atoms with Crippen molar-refractivity contribution in [3.8, 4) is 0 Å². The normalized spacial score (nSPS) is 13.6. The zero-order valence-corrected chi connectivity index (χ0v) is 8.92. The second-order valence-corrected chi connectivity index (χ2v) is 3.34. The maximum atomic E-state index is 9.38. The van der Waals surface area contributed by atoms with E-state index in [1.165, 1.54) is 0 Å². The van der Waals surface area contributed by atoms with Gasteiger partial charge in [-0.1, -0.05) is 13.3 Å². The molecule has 13 heavy (non-hydrogen) atoms. The van der Waals surface area contributed by atoms with Crippen LogP contribution in [-0.4, -0.2) is 50.1 Å². The van der Waals surface area contributed by atoms with Crippen molar-refractivity contribution in [2.75, 3.05) is 33.9 Å². The molecule has 2 N–H and O–H groups in total. The maximum Gasteiger partial charge on any atom is 0.0911 e. The molecule has 0 aromatic carbocycles. The van der Waals surface area contributed by atoms with Crippen LogP contribution in [0.5, 0.6) is 0 Å². The Labute approximate surface area is 80.8 Å². The average molecular weight is 190 g/mol. The standard InChI is InChI=1S/C9H22N2O2/c1-4-5-6-13-8-9(12)7-10-11(2)3/h9-10,12H,4-8H2,1-3H3. The second-order valence-electron chi connectivity index (χ2n) is 3.34. The van der Waals surface area contributed by atoms with Crippen LogP contribution < -0.4 is 5.43 Å². The summed E-state index contributed by atoms with van der Waals surface area (Å²) >= 11 is 0. The molecule has 0 radical (unpaired) electrons. The number of unbranched alkanes of at least 4 members (excludes halogenated alkanes) is 1. The number of aliphatic hydroxyl groups excluding tert-OH is 1. The molecule has 0 aliphatic carbocycles. The van der Waals surface area contributed by atoms with Crippen LogP contribution in [0.1, 0.15) is 19.8 Å². The highest BCUT2D eigenvalue weighted by Gasteiger charge is 2.03. The Morgan fingerprint density at radius 2 is 2.15 bits per heavy atom. The first kappa shape index (κ1) is 12.8. The lowest BCUT2D eigenvalue weighted by molar-refractivity contribution is 0.0278. The van der Waals surface area contributed by atoms with Gasteiger partial charge in [-0.05, 0) is 6.42 Å². The van der Waals surface area contributed by atoms with E-state index in [-0.39, 0.29) is 0 Å². The van der Waals surface area contributed by atoms with Crippen LogP contribution in [0, 0.1) is 0 Å². The number of hydrazine groups is 1. The third-order valence-corrected chi connectivity index (χ3v) is 1.60. The van der Waals surface area contributed by atoms with E-state index in [9.17, 15) is 5.11 Å². The smallest absolute Gasteiger partial charge is 0.0911 e. The fraction of sp³-hybridized carbons (Fsp3) is 1.00. The predicted molar refractivity (Wildman–Crippen MR) is 53.4 cm³/mol. The van der Waals surface area contributed by atoms with Crippen molar-refractivity contribution in [1.82, 2.24) is 10.4 Å². The van der Waals surface area contributed by atoms with Crippen molar-refractivity contribution in [1.29, 1.82) is 0 Å².